The largest absolute Gasteiger partial charge is 0.394 e. The smallest absolute Gasteiger partial charge is 0.291 e. The Morgan fingerprint density at radius 1 is 1.03 bits per heavy atom. The van der Waals surface area contributed by atoms with Gasteiger partial charge in [-0.25, -0.2) is 4.99 Å². The molecular weight excluding hydrogens is 420 g/mol. The van der Waals surface area contributed by atoms with Crippen LogP contribution in [0, 0.1) is 10.1 Å². The Kier molecular flexibility index (Phi) is 8.65. The number of hydrogen-bond acceptors (Lipinski definition) is 8. The highest BCUT2D eigenvalue weighted by atomic mass is 32.2. The highest BCUT2D eigenvalue weighted by molar-refractivity contribution is 7.99. The van der Waals surface area contributed by atoms with Crippen LogP contribution in [0.1, 0.15) is 5.56 Å². The fourth-order valence-corrected chi connectivity index (χ4v) is 4.47. The summed E-state index contributed by atoms with van der Waals surface area (Å²) in [7, 11) is 0. The summed E-state index contributed by atoms with van der Waals surface area (Å²) in [6, 6.07) is 16.9. The van der Waals surface area contributed by atoms with E-state index in [1.807, 2.05) is 0 Å². The molecule has 4 rings (SSSR count). The van der Waals surface area contributed by atoms with Gasteiger partial charge in [0.05, 0.1) is 25.5 Å². The van der Waals surface area contributed by atoms with Crippen molar-refractivity contribution in [3.05, 3.63) is 64.2 Å². The number of piperazine rings is 1. The van der Waals surface area contributed by atoms with E-state index in [0.29, 0.717) is 13.2 Å². The van der Waals surface area contributed by atoms with Gasteiger partial charge in [0.15, 0.2) is 0 Å². The molecular formula is C21H26N4O5S. The summed E-state index contributed by atoms with van der Waals surface area (Å²) in [5.41, 5.74) is 2.27. The van der Waals surface area contributed by atoms with Gasteiger partial charge in [-0.05, 0) is 18.2 Å². The van der Waals surface area contributed by atoms with Crippen molar-refractivity contribution in [3.63, 3.8) is 0 Å². The van der Waals surface area contributed by atoms with Gasteiger partial charge >= 0.3 is 0 Å². The molecule has 10 heteroatoms. The molecule has 2 aromatic rings. The summed E-state index contributed by atoms with van der Waals surface area (Å²) in [6.45, 7) is 6.01. The first-order valence-corrected chi connectivity index (χ1v) is 10.8. The van der Waals surface area contributed by atoms with E-state index < -0.39 is 5.09 Å². The first kappa shape index (κ1) is 23.0. The van der Waals surface area contributed by atoms with Crippen molar-refractivity contribution < 1.29 is 20.1 Å². The molecule has 9 nitrogen and oxygen atoms in total. The number of ether oxygens (including phenoxy) is 1. The average molecular weight is 447 g/mol. The molecule has 2 heterocycles. The third kappa shape index (κ3) is 6.66. The molecule has 1 saturated heterocycles. The Morgan fingerprint density at radius 2 is 1.68 bits per heavy atom. The van der Waals surface area contributed by atoms with E-state index in [4.69, 9.17) is 30.2 Å². The quantitative estimate of drug-likeness (QED) is 0.409. The number of para-hydroxylation sites is 1. The van der Waals surface area contributed by atoms with E-state index in [2.05, 4.69) is 58.3 Å². The van der Waals surface area contributed by atoms with Crippen LogP contribution in [0.15, 0.2) is 63.3 Å². The van der Waals surface area contributed by atoms with E-state index in [9.17, 15) is 0 Å². The molecule has 0 saturated carbocycles. The van der Waals surface area contributed by atoms with Crippen molar-refractivity contribution in [2.45, 2.75) is 9.79 Å². The Bertz CT molecular complexity index is 899. The van der Waals surface area contributed by atoms with E-state index in [1.54, 1.807) is 11.8 Å². The van der Waals surface area contributed by atoms with Gasteiger partial charge < -0.3 is 20.0 Å². The second kappa shape index (κ2) is 11.7. The molecule has 0 radical (unpaired) electrons. The summed E-state index contributed by atoms with van der Waals surface area (Å²) in [5.74, 6) is 1.08. The molecule has 0 unspecified atom stereocenters. The van der Waals surface area contributed by atoms with Crippen LogP contribution >= 0.6 is 11.8 Å². The van der Waals surface area contributed by atoms with Gasteiger partial charge in [0, 0.05) is 48.1 Å². The van der Waals surface area contributed by atoms with Crippen LogP contribution < -0.4 is 0 Å². The first-order chi connectivity index (χ1) is 15.1. The number of hydrogen-bond donors (Lipinski definition) is 2. The van der Waals surface area contributed by atoms with Crippen LogP contribution in [0.4, 0.5) is 5.69 Å². The molecule has 31 heavy (non-hydrogen) atoms. The molecule has 0 spiro atoms. The molecule has 2 aliphatic heterocycles. The van der Waals surface area contributed by atoms with Crippen molar-refractivity contribution in [2.75, 3.05) is 52.5 Å². The summed E-state index contributed by atoms with van der Waals surface area (Å²) in [4.78, 5) is 20.7. The molecule has 0 aromatic heterocycles. The van der Waals surface area contributed by atoms with Crippen LogP contribution in [0.3, 0.4) is 0 Å². The second-order valence-electron chi connectivity index (χ2n) is 6.90. The Labute approximate surface area is 185 Å². The van der Waals surface area contributed by atoms with Crippen molar-refractivity contribution >= 4 is 23.3 Å². The first-order valence-electron chi connectivity index (χ1n) is 10.0. The highest BCUT2D eigenvalue weighted by Crippen LogP contribution is 2.40. The predicted molar refractivity (Wildman–Crippen MR) is 118 cm³/mol. The average Bonchev–Trinajstić information content (AvgIpc) is 2.94. The predicted octanol–water partition coefficient (Wildman–Crippen LogP) is 2.51. The standard InChI is InChI=1S/C21H25N3O2S.HNO3/c25-14-16-26-15-13-23-9-11-24(12-10-23)21-17-5-1-3-7-19(17)27-20-8-4-2-6-18(20)22-21;2-1(3)4/h1-8,25H,9-16H2;(H,2,3,4). The maximum absolute atomic E-state index is 8.79. The lowest BCUT2D eigenvalue weighted by Gasteiger charge is -2.36. The maximum Gasteiger partial charge on any atom is 0.291 e. The lowest BCUT2D eigenvalue weighted by molar-refractivity contribution is -0.742. The molecule has 166 valence electrons. The number of aliphatic hydroxyl groups is 1. The zero-order chi connectivity index (χ0) is 22.1. The lowest BCUT2D eigenvalue weighted by Crippen LogP contribution is -2.49. The van der Waals surface area contributed by atoms with Crippen molar-refractivity contribution in [1.82, 2.24) is 9.80 Å². The van der Waals surface area contributed by atoms with Crippen LogP contribution in [0.5, 0.6) is 0 Å². The van der Waals surface area contributed by atoms with Gasteiger partial charge in [-0.2, -0.15) is 0 Å². The Morgan fingerprint density at radius 3 is 2.39 bits per heavy atom. The van der Waals surface area contributed by atoms with Crippen molar-refractivity contribution in [1.29, 1.82) is 0 Å². The van der Waals surface area contributed by atoms with Crippen molar-refractivity contribution in [2.24, 2.45) is 4.99 Å². The third-order valence-electron chi connectivity index (χ3n) is 4.90. The van der Waals surface area contributed by atoms with E-state index in [1.165, 1.54) is 15.4 Å². The Balaban J connectivity index is 0.000000628. The van der Waals surface area contributed by atoms with Gasteiger partial charge in [-0.15, -0.1) is 10.1 Å². The van der Waals surface area contributed by atoms with Gasteiger partial charge in [0.2, 0.25) is 0 Å². The molecule has 0 atom stereocenters. The number of amidine groups is 1. The topological polar surface area (TPSA) is 112 Å². The monoisotopic (exact) mass is 446 g/mol. The van der Waals surface area contributed by atoms with Gasteiger partial charge in [0.1, 0.15) is 5.84 Å². The number of rotatable bonds is 5. The molecule has 1 fully saturated rings. The van der Waals surface area contributed by atoms with Crippen molar-refractivity contribution in [3.8, 4) is 0 Å². The van der Waals surface area contributed by atoms with E-state index in [-0.39, 0.29) is 6.61 Å². The molecule has 0 amide bonds. The van der Waals surface area contributed by atoms with Crippen LogP contribution in [0.2, 0.25) is 0 Å². The molecule has 2 N–H and O–H groups in total. The fraction of sp³-hybridized carbons (Fsp3) is 0.381. The number of nitrogens with zero attached hydrogens (tertiary/aromatic N) is 4. The molecule has 2 aliphatic rings. The maximum atomic E-state index is 8.79. The summed E-state index contributed by atoms with van der Waals surface area (Å²) >= 11 is 1.80. The fourth-order valence-electron chi connectivity index (χ4n) is 3.45. The second-order valence-corrected chi connectivity index (χ2v) is 7.99. The number of aliphatic imine (C=N–C) groups is 1. The number of benzene rings is 2. The zero-order valence-electron chi connectivity index (χ0n) is 17.1. The van der Waals surface area contributed by atoms with Gasteiger partial charge in [-0.1, -0.05) is 42.1 Å². The normalized spacial score (nSPS) is 15.6. The Hall–Kier alpha value is -2.66. The number of fused-ring (bicyclic) bond motifs is 2. The van der Waals surface area contributed by atoms with E-state index >= 15 is 0 Å². The zero-order valence-corrected chi connectivity index (χ0v) is 17.9. The number of aliphatic hydroxyl groups excluding tert-OH is 1. The van der Waals surface area contributed by atoms with Crippen LogP contribution in [-0.4, -0.2) is 83.6 Å². The molecule has 0 bridgehead atoms. The molecule has 2 aromatic carbocycles. The minimum atomic E-state index is -1.50. The van der Waals surface area contributed by atoms with Gasteiger partial charge in [-0.3, -0.25) is 4.90 Å². The third-order valence-corrected chi connectivity index (χ3v) is 6.04. The minimum Gasteiger partial charge on any atom is -0.394 e. The van der Waals surface area contributed by atoms with Gasteiger partial charge in [0.25, 0.3) is 5.09 Å². The summed E-state index contributed by atoms with van der Waals surface area (Å²) in [5, 5.41) is 22.4. The summed E-state index contributed by atoms with van der Waals surface area (Å²) < 4.78 is 5.40. The van der Waals surface area contributed by atoms with Crippen LogP contribution in [0.25, 0.3) is 0 Å². The van der Waals surface area contributed by atoms with Crippen LogP contribution in [-0.2, 0) is 4.74 Å². The lowest BCUT2D eigenvalue weighted by atomic mass is 10.1. The SMILES string of the molecule is O=[N+]([O-])O.OCCOCCN1CCN(C2=Nc3ccccc3Sc3ccccc32)CC1. The molecule has 0 aliphatic carbocycles. The highest BCUT2D eigenvalue weighted by Gasteiger charge is 2.24. The summed E-state index contributed by atoms with van der Waals surface area (Å²) in [6.07, 6.45) is 0. The van der Waals surface area contributed by atoms with E-state index in [0.717, 1.165) is 44.2 Å². The minimum absolute atomic E-state index is 0.0898.